The molecule has 0 saturated carbocycles. The number of thiophene rings is 1. The van der Waals surface area contributed by atoms with Crippen molar-refractivity contribution < 1.29 is 9.53 Å². The number of fused-ring (bicyclic) bond motifs is 1. The van der Waals surface area contributed by atoms with Crippen LogP contribution < -0.4 is 4.74 Å². The quantitative estimate of drug-likeness (QED) is 0.723. The number of hydrogen-bond donors (Lipinski definition) is 0. The van der Waals surface area contributed by atoms with Gasteiger partial charge in [-0.25, -0.2) is 4.98 Å². The van der Waals surface area contributed by atoms with E-state index >= 15 is 0 Å². The summed E-state index contributed by atoms with van der Waals surface area (Å²) in [7, 11) is 1.67. The number of ether oxygens (including phenoxy) is 1. The fourth-order valence-electron chi connectivity index (χ4n) is 3.34. The van der Waals surface area contributed by atoms with Gasteiger partial charge in [0.2, 0.25) is 5.91 Å². The Morgan fingerprint density at radius 1 is 1.32 bits per heavy atom. The predicted octanol–water partition coefficient (Wildman–Crippen LogP) is 3.28. The van der Waals surface area contributed by atoms with Crippen molar-refractivity contribution in [3.63, 3.8) is 0 Å². The lowest BCUT2D eigenvalue weighted by atomic mass is 10.0. The number of para-hydroxylation sites is 1. The molecule has 0 bridgehead atoms. The number of aromatic nitrogens is 2. The third kappa shape index (κ3) is 3.05. The van der Waals surface area contributed by atoms with Crippen LogP contribution in [0, 0.1) is 0 Å². The van der Waals surface area contributed by atoms with Gasteiger partial charge in [0.05, 0.1) is 26.1 Å². The van der Waals surface area contributed by atoms with Gasteiger partial charge in [0.1, 0.15) is 11.6 Å². The fraction of sp³-hybridized carbons (Fsp3) is 0.263. The van der Waals surface area contributed by atoms with Crippen molar-refractivity contribution >= 4 is 17.2 Å². The Hall–Kier alpha value is -2.60. The number of rotatable bonds is 4. The molecule has 1 amide bonds. The number of carbonyl (C=O) groups is 1. The van der Waals surface area contributed by atoms with Gasteiger partial charge >= 0.3 is 0 Å². The second kappa shape index (κ2) is 6.72. The van der Waals surface area contributed by atoms with E-state index in [4.69, 9.17) is 4.74 Å². The predicted molar refractivity (Wildman–Crippen MR) is 96.5 cm³/mol. The number of benzene rings is 1. The van der Waals surface area contributed by atoms with Crippen LogP contribution in [0.4, 0.5) is 0 Å². The summed E-state index contributed by atoms with van der Waals surface area (Å²) in [4.78, 5) is 20.4. The van der Waals surface area contributed by atoms with Crippen molar-refractivity contribution in [2.45, 2.75) is 25.6 Å². The minimum atomic E-state index is -0.0645. The third-order valence-electron chi connectivity index (χ3n) is 4.58. The summed E-state index contributed by atoms with van der Waals surface area (Å²) >= 11 is 1.61. The molecule has 0 radical (unpaired) electrons. The number of methoxy groups -OCH3 is 1. The monoisotopic (exact) mass is 353 g/mol. The van der Waals surface area contributed by atoms with Gasteiger partial charge in [0.25, 0.3) is 0 Å². The largest absolute Gasteiger partial charge is 0.496 e. The van der Waals surface area contributed by atoms with Crippen LogP contribution in [0.5, 0.6) is 5.75 Å². The van der Waals surface area contributed by atoms with Crippen molar-refractivity contribution in [1.29, 1.82) is 0 Å². The van der Waals surface area contributed by atoms with Crippen molar-refractivity contribution in [2.24, 2.45) is 0 Å². The highest BCUT2D eigenvalue weighted by Crippen LogP contribution is 2.35. The minimum absolute atomic E-state index is 0.0645. The maximum atomic E-state index is 13.0. The molecular formula is C19H19N3O2S. The van der Waals surface area contributed by atoms with Crippen molar-refractivity contribution in [2.75, 3.05) is 7.11 Å². The molecule has 1 atom stereocenters. The average molecular weight is 353 g/mol. The Kier molecular flexibility index (Phi) is 4.28. The van der Waals surface area contributed by atoms with E-state index in [1.807, 2.05) is 52.9 Å². The molecule has 0 saturated heterocycles. The van der Waals surface area contributed by atoms with E-state index < -0.39 is 0 Å². The summed E-state index contributed by atoms with van der Waals surface area (Å²) in [5, 5.41) is 2.00. The van der Waals surface area contributed by atoms with Gasteiger partial charge in [-0.15, -0.1) is 11.3 Å². The molecule has 4 rings (SSSR count). The number of amides is 1. The Balaban J connectivity index is 1.69. The highest BCUT2D eigenvalue weighted by molar-refractivity contribution is 7.10. The van der Waals surface area contributed by atoms with Crippen LogP contribution in [0.2, 0.25) is 0 Å². The molecule has 0 N–H and O–H groups in total. The first-order valence-corrected chi connectivity index (χ1v) is 9.09. The topological polar surface area (TPSA) is 47.4 Å². The molecule has 0 fully saturated rings. The van der Waals surface area contributed by atoms with Gasteiger partial charge in [-0.1, -0.05) is 24.3 Å². The molecule has 5 nitrogen and oxygen atoms in total. The second-order valence-corrected chi connectivity index (χ2v) is 7.06. The standard InChI is InChI=1S/C19H19N3O2S/c1-24-17-7-3-2-6-15(17)16-12-21-9-8-20-18(21)13-22(16)19(23)11-14-5-4-10-25-14/h2-10,16H,11-13H2,1H3. The molecule has 1 aromatic carbocycles. The summed E-state index contributed by atoms with van der Waals surface area (Å²) in [5.41, 5.74) is 1.03. The van der Waals surface area contributed by atoms with E-state index in [1.165, 1.54) is 0 Å². The second-order valence-electron chi connectivity index (χ2n) is 6.03. The average Bonchev–Trinajstić information content (AvgIpc) is 3.31. The molecular weight excluding hydrogens is 334 g/mol. The van der Waals surface area contributed by atoms with Crippen LogP contribution >= 0.6 is 11.3 Å². The van der Waals surface area contributed by atoms with Crippen molar-refractivity contribution in [3.05, 3.63) is 70.4 Å². The Labute approximate surface area is 150 Å². The summed E-state index contributed by atoms with van der Waals surface area (Å²) in [6.45, 7) is 1.20. The molecule has 25 heavy (non-hydrogen) atoms. The summed E-state index contributed by atoms with van der Waals surface area (Å²) in [6, 6.07) is 11.8. The smallest absolute Gasteiger partial charge is 0.228 e. The summed E-state index contributed by atoms with van der Waals surface area (Å²) in [6.07, 6.45) is 4.19. The number of nitrogens with zero attached hydrogens (tertiary/aromatic N) is 3. The molecule has 0 spiro atoms. The van der Waals surface area contributed by atoms with Crippen LogP contribution in [-0.4, -0.2) is 27.5 Å². The number of hydrogen-bond acceptors (Lipinski definition) is 4. The zero-order chi connectivity index (χ0) is 17.2. The van der Waals surface area contributed by atoms with Gasteiger partial charge in [0.15, 0.2) is 0 Å². The molecule has 6 heteroatoms. The first kappa shape index (κ1) is 15.9. The van der Waals surface area contributed by atoms with Crippen LogP contribution in [0.25, 0.3) is 0 Å². The van der Waals surface area contributed by atoms with Gasteiger partial charge in [-0.3, -0.25) is 4.79 Å². The maximum absolute atomic E-state index is 13.0. The van der Waals surface area contributed by atoms with Crippen LogP contribution in [0.1, 0.15) is 22.3 Å². The lowest BCUT2D eigenvalue weighted by Gasteiger charge is -2.37. The minimum Gasteiger partial charge on any atom is -0.496 e. The van der Waals surface area contributed by atoms with E-state index in [1.54, 1.807) is 24.6 Å². The van der Waals surface area contributed by atoms with Crippen LogP contribution in [0.15, 0.2) is 54.2 Å². The number of imidazole rings is 1. The van der Waals surface area contributed by atoms with Gasteiger partial charge in [0, 0.05) is 29.4 Å². The molecule has 2 aromatic heterocycles. The van der Waals surface area contributed by atoms with E-state index in [0.717, 1.165) is 22.0 Å². The molecule has 3 aromatic rings. The highest BCUT2D eigenvalue weighted by Gasteiger charge is 2.33. The molecule has 1 unspecified atom stereocenters. The van der Waals surface area contributed by atoms with E-state index in [-0.39, 0.29) is 11.9 Å². The van der Waals surface area contributed by atoms with E-state index in [9.17, 15) is 4.79 Å². The number of carbonyl (C=O) groups excluding carboxylic acids is 1. The van der Waals surface area contributed by atoms with Crippen molar-refractivity contribution in [1.82, 2.24) is 14.5 Å². The molecule has 128 valence electrons. The Morgan fingerprint density at radius 3 is 3.00 bits per heavy atom. The molecule has 3 heterocycles. The zero-order valence-electron chi connectivity index (χ0n) is 14.0. The molecule has 1 aliphatic heterocycles. The SMILES string of the molecule is COc1ccccc1C1Cn2ccnc2CN1C(=O)Cc1cccs1. The Bertz CT molecular complexity index is 872. The first-order chi connectivity index (χ1) is 12.3. The lowest BCUT2D eigenvalue weighted by molar-refractivity contribution is -0.135. The van der Waals surface area contributed by atoms with E-state index in [2.05, 4.69) is 9.55 Å². The van der Waals surface area contributed by atoms with Gasteiger partial charge < -0.3 is 14.2 Å². The van der Waals surface area contributed by atoms with Crippen molar-refractivity contribution in [3.8, 4) is 5.75 Å². The van der Waals surface area contributed by atoms with Crippen LogP contribution in [0.3, 0.4) is 0 Å². The molecule has 0 aliphatic carbocycles. The summed E-state index contributed by atoms with van der Waals surface area (Å²) in [5.74, 6) is 1.85. The third-order valence-corrected chi connectivity index (χ3v) is 5.46. The maximum Gasteiger partial charge on any atom is 0.228 e. The zero-order valence-corrected chi connectivity index (χ0v) is 14.8. The Morgan fingerprint density at radius 2 is 2.20 bits per heavy atom. The van der Waals surface area contributed by atoms with Gasteiger partial charge in [-0.2, -0.15) is 0 Å². The highest BCUT2D eigenvalue weighted by atomic mass is 32.1. The first-order valence-electron chi connectivity index (χ1n) is 8.21. The lowest BCUT2D eigenvalue weighted by Crippen LogP contribution is -2.41. The normalized spacial score (nSPS) is 16.5. The van der Waals surface area contributed by atoms with E-state index in [0.29, 0.717) is 19.5 Å². The van der Waals surface area contributed by atoms with Gasteiger partial charge in [-0.05, 0) is 17.5 Å². The summed E-state index contributed by atoms with van der Waals surface area (Å²) < 4.78 is 7.66. The fourth-order valence-corrected chi connectivity index (χ4v) is 4.03. The molecule has 1 aliphatic rings. The van der Waals surface area contributed by atoms with Crippen LogP contribution in [-0.2, 0) is 24.3 Å².